The van der Waals surface area contributed by atoms with E-state index in [1.807, 2.05) is 6.07 Å². The highest BCUT2D eigenvalue weighted by molar-refractivity contribution is 7.99. The molecule has 0 bridgehead atoms. The first-order valence-electron chi connectivity index (χ1n) is 6.09. The van der Waals surface area contributed by atoms with Gasteiger partial charge in [0.05, 0.1) is 6.07 Å². The van der Waals surface area contributed by atoms with E-state index >= 15 is 0 Å². The van der Waals surface area contributed by atoms with E-state index in [2.05, 4.69) is 25.2 Å². The maximum Gasteiger partial charge on any atom is 0.288 e. The molecule has 104 valence electrons. The van der Waals surface area contributed by atoms with E-state index in [0.29, 0.717) is 29.6 Å². The number of nitrogens with one attached hydrogen (secondary N) is 1. The van der Waals surface area contributed by atoms with Gasteiger partial charge in [-0.15, -0.1) is 0 Å². The molecule has 0 saturated carbocycles. The number of hydrogen-bond acceptors (Lipinski definition) is 3. The van der Waals surface area contributed by atoms with Crippen LogP contribution in [0.25, 0.3) is 0 Å². The molecular weight excluding hydrogens is 266 g/mol. The maximum absolute atomic E-state index is 12.4. The summed E-state index contributed by atoms with van der Waals surface area (Å²) in [5, 5.41) is 11.8. The van der Waals surface area contributed by atoms with Gasteiger partial charge in [0.1, 0.15) is 0 Å². The Morgan fingerprint density at radius 3 is 2.68 bits per heavy atom. The summed E-state index contributed by atoms with van der Waals surface area (Å²) in [6, 6.07) is 9.17. The van der Waals surface area contributed by atoms with Crippen LogP contribution in [0, 0.1) is 16.7 Å². The minimum Gasteiger partial charge on any atom is -0.384 e. The summed E-state index contributed by atoms with van der Waals surface area (Å²) in [7, 11) is 0. The molecular formula is C14H18F2N2S. The number of halogens is 2. The van der Waals surface area contributed by atoms with E-state index in [0.717, 1.165) is 12.1 Å². The molecule has 1 N–H and O–H groups in total. The third-order valence-corrected chi connectivity index (χ3v) is 3.56. The summed E-state index contributed by atoms with van der Waals surface area (Å²) >= 11 is 0.545. The second kappa shape index (κ2) is 7.34. The SMILES string of the molecule is CC(C)(CCC#N)CNc1ccccc1SC(F)F. The highest BCUT2D eigenvalue weighted by Crippen LogP contribution is 2.32. The summed E-state index contributed by atoms with van der Waals surface area (Å²) in [5.74, 6) is -2.42. The molecule has 0 heterocycles. The van der Waals surface area contributed by atoms with Crippen LogP contribution in [0.3, 0.4) is 0 Å². The average molecular weight is 284 g/mol. The van der Waals surface area contributed by atoms with Crippen LogP contribution in [-0.4, -0.2) is 12.3 Å². The zero-order valence-electron chi connectivity index (χ0n) is 11.1. The average Bonchev–Trinajstić information content (AvgIpc) is 2.35. The van der Waals surface area contributed by atoms with E-state index in [-0.39, 0.29) is 5.41 Å². The molecule has 5 heteroatoms. The Hall–Kier alpha value is -1.28. The van der Waals surface area contributed by atoms with Crippen LogP contribution in [0.15, 0.2) is 29.2 Å². The summed E-state index contributed by atoms with van der Waals surface area (Å²) in [4.78, 5) is 0.550. The predicted octanol–water partition coefficient (Wildman–Crippen LogP) is 4.74. The standard InChI is InChI=1S/C14H18F2N2S/c1-14(2,8-5-9-17)10-18-11-6-3-4-7-12(11)19-13(15)16/h3-4,6-7,13,18H,5,8,10H2,1-2H3. The van der Waals surface area contributed by atoms with Crippen molar-refractivity contribution < 1.29 is 8.78 Å². The number of nitrogens with zero attached hydrogens (tertiary/aromatic N) is 1. The zero-order chi connectivity index (χ0) is 14.3. The molecule has 0 aliphatic carbocycles. The Morgan fingerprint density at radius 1 is 1.37 bits per heavy atom. The van der Waals surface area contributed by atoms with Crippen LogP contribution in [-0.2, 0) is 0 Å². The summed E-state index contributed by atoms with van der Waals surface area (Å²) in [5.41, 5.74) is 0.677. The molecule has 0 fully saturated rings. The van der Waals surface area contributed by atoms with Gasteiger partial charge in [0.2, 0.25) is 0 Å². The second-order valence-corrected chi connectivity index (χ2v) is 6.08. The molecule has 0 radical (unpaired) electrons. The van der Waals surface area contributed by atoms with E-state index in [4.69, 9.17) is 5.26 Å². The lowest BCUT2D eigenvalue weighted by molar-refractivity contribution is 0.252. The van der Waals surface area contributed by atoms with Gasteiger partial charge in [0.25, 0.3) is 5.76 Å². The third kappa shape index (κ3) is 5.93. The fourth-order valence-electron chi connectivity index (χ4n) is 1.63. The number of para-hydroxylation sites is 1. The molecule has 0 aromatic heterocycles. The van der Waals surface area contributed by atoms with Crippen LogP contribution in [0.2, 0.25) is 0 Å². The lowest BCUT2D eigenvalue weighted by Crippen LogP contribution is -2.23. The molecule has 0 unspecified atom stereocenters. The topological polar surface area (TPSA) is 35.8 Å². The van der Waals surface area contributed by atoms with Crippen molar-refractivity contribution in [3.8, 4) is 6.07 Å². The lowest BCUT2D eigenvalue weighted by atomic mass is 9.88. The normalized spacial score (nSPS) is 11.4. The number of benzene rings is 1. The van der Waals surface area contributed by atoms with Gasteiger partial charge in [-0.25, -0.2) is 0 Å². The molecule has 1 aromatic carbocycles. The minimum absolute atomic E-state index is 0.0433. The van der Waals surface area contributed by atoms with Crippen LogP contribution in [0.5, 0.6) is 0 Å². The largest absolute Gasteiger partial charge is 0.384 e. The highest BCUT2D eigenvalue weighted by Gasteiger charge is 2.18. The molecule has 1 rings (SSSR count). The fraction of sp³-hybridized carbons (Fsp3) is 0.500. The molecule has 1 aromatic rings. The van der Waals surface area contributed by atoms with Gasteiger partial charge >= 0.3 is 0 Å². The first kappa shape index (κ1) is 15.8. The molecule has 0 spiro atoms. The summed E-state index contributed by atoms with van der Waals surface area (Å²) in [6.45, 7) is 4.76. The molecule has 0 aliphatic rings. The monoisotopic (exact) mass is 284 g/mol. The van der Waals surface area contributed by atoms with Gasteiger partial charge in [-0.2, -0.15) is 14.0 Å². The first-order chi connectivity index (χ1) is 8.94. The Morgan fingerprint density at radius 2 is 2.05 bits per heavy atom. The molecule has 0 aliphatic heterocycles. The third-order valence-electron chi connectivity index (χ3n) is 2.77. The van der Waals surface area contributed by atoms with Crippen molar-refractivity contribution in [1.29, 1.82) is 5.26 Å². The van der Waals surface area contributed by atoms with Crippen molar-refractivity contribution in [3.05, 3.63) is 24.3 Å². The van der Waals surface area contributed by atoms with Crippen molar-refractivity contribution in [3.63, 3.8) is 0 Å². The van der Waals surface area contributed by atoms with E-state index in [9.17, 15) is 8.78 Å². The Bertz CT molecular complexity index is 441. The van der Waals surface area contributed by atoms with Gasteiger partial charge in [-0.05, 0) is 24.0 Å². The highest BCUT2D eigenvalue weighted by atomic mass is 32.2. The minimum atomic E-state index is -2.42. The Labute approximate surface area is 117 Å². The van der Waals surface area contributed by atoms with Gasteiger partial charge < -0.3 is 5.32 Å². The molecule has 0 saturated heterocycles. The first-order valence-corrected chi connectivity index (χ1v) is 6.97. The number of nitriles is 1. The van der Waals surface area contributed by atoms with Crippen molar-refractivity contribution in [2.24, 2.45) is 5.41 Å². The number of hydrogen-bond donors (Lipinski definition) is 1. The van der Waals surface area contributed by atoms with Crippen molar-refractivity contribution in [2.75, 3.05) is 11.9 Å². The smallest absolute Gasteiger partial charge is 0.288 e. The summed E-state index contributed by atoms with van der Waals surface area (Å²) < 4.78 is 24.9. The Kier molecular flexibility index (Phi) is 6.10. The van der Waals surface area contributed by atoms with Gasteiger partial charge in [-0.3, -0.25) is 0 Å². The van der Waals surface area contributed by atoms with Crippen molar-refractivity contribution in [2.45, 2.75) is 37.3 Å². The number of rotatable bonds is 7. The van der Waals surface area contributed by atoms with Crippen LogP contribution >= 0.6 is 11.8 Å². The number of alkyl halides is 2. The molecule has 2 nitrogen and oxygen atoms in total. The molecule has 0 amide bonds. The van der Waals surface area contributed by atoms with Crippen molar-refractivity contribution in [1.82, 2.24) is 0 Å². The number of anilines is 1. The lowest BCUT2D eigenvalue weighted by Gasteiger charge is -2.25. The summed E-state index contributed by atoms with van der Waals surface area (Å²) in [6.07, 6.45) is 1.28. The van der Waals surface area contributed by atoms with Crippen LogP contribution < -0.4 is 5.32 Å². The second-order valence-electron chi connectivity index (χ2n) is 5.05. The van der Waals surface area contributed by atoms with E-state index in [1.165, 1.54) is 0 Å². The van der Waals surface area contributed by atoms with E-state index < -0.39 is 5.76 Å². The van der Waals surface area contributed by atoms with Crippen LogP contribution in [0.1, 0.15) is 26.7 Å². The predicted molar refractivity (Wildman–Crippen MR) is 75.4 cm³/mol. The van der Waals surface area contributed by atoms with Crippen LogP contribution in [0.4, 0.5) is 14.5 Å². The zero-order valence-corrected chi connectivity index (χ0v) is 11.9. The van der Waals surface area contributed by atoms with Gasteiger partial charge in [-0.1, -0.05) is 37.7 Å². The Balaban J connectivity index is 2.64. The number of thioether (sulfide) groups is 1. The van der Waals surface area contributed by atoms with Gasteiger partial charge in [0.15, 0.2) is 0 Å². The van der Waals surface area contributed by atoms with Gasteiger partial charge in [0, 0.05) is 23.5 Å². The van der Waals surface area contributed by atoms with Crippen molar-refractivity contribution >= 4 is 17.4 Å². The fourth-order valence-corrected chi connectivity index (χ4v) is 2.24. The van der Waals surface area contributed by atoms with E-state index in [1.54, 1.807) is 18.2 Å². The molecule has 19 heavy (non-hydrogen) atoms. The molecule has 0 atom stereocenters. The maximum atomic E-state index is 12.4. The quantitative estimate of drug-likeness (QED) is 0.734.